The highest BCUT2D eigenvalue weighted by Crippen LogP contribution is 2.29. The van der Waals surface area contributed by atoms with Gasteiger partial charge < -0.3 is 14.8 Å². The van der Waals surface area contributed by atoms with Gasteiger partial charge >= 0.3 is 0 Å². The first-order chi connectivity index (χ1) is 14.6. The van der Waals surface area contributed by atoms with Crippen molar-refractivity contribution in [1.29, 1.82) is 0 Å². The van der Waals surface area contributed by atoms with E-state index in [0.29, 0.717) is 28.1 Å². The minimum atomic E-state index is -0.250. The maximum absolute atomic E-state index is 12.9. The molecule has 0 atom stereocenters. The van der Waals surface area contributed by atoms with Crippen molar-refractivity contribution in [3.05, 3.63) is 64.1 Å². The summed E-state index contributed by atoms with van der Waals surface area (Å²) in [5.74, 6) is 0.800. The highest BCUT2D eigenvalue weighted by molar-refractivity contribution is 5.95. The normalized spacial score (nSPS) is 14.1. The van der Waals surface area contributed by atoms with Gasteiger partial charge in [0.05, 0.1) is 37.9 Å². The maximum atomic E-state index is 12.9. The number of carbonyl (C=O) groups excluding carboxylic acids is 1. The zero-order valence-corrected chi connectivity index (χ0v) is 17.2. The number of fused-ring (bicyclic) bond motifs is 1. The standard InChI is InChI=1S/C23H25N3O4/c1-29-20-12-11-15(13-21(20)30-2)22(27)24-14-19-17-9-5-6-10-18(17)23(28)26(25-19)16-7-3-4-8-16/h5-6,9-13,16H,3-4,7-8,14H2,1-2H3,(H,24,27). The van der Waals surface area contributed by atoms with Crippen molar-refractivity contribution in [1.82, 2.24) is 15.1 Å². The Hall–Kier alpha value is -3.35. The lowest BCUT2D eigenvalue weighted by Gasteiger charge is -2.16. The lowest BCUT2D eigenvalue weighted by molar-refractivity contribution is 0.0950. The molecule has 0 aliphatic heterocycles. The van der Waals surface area contributed by atoms with Crippen LogP contribution in [0.25, 0.3) is 10.8 Å². The van der Waals surface area contributed by atoms with Gasteiger partial charge in [-0.15, -0.1) is 0 Å². The van der Waals surface area contributed by atoms with Gasteiger partial charge in [0.15, 0.2) is 11.5 Å². The van der Waals surface area contributed by atoms with Crippen molar-refractivity contribution < 1.29 is 14.3 Å². The number of nitrogens with zero attached hydrogens (tertiary/aromatic N) is 2. The highest BCUT2D eigenvalue weighted by atomic mass is 16.5. The van der Waals surface area contributed by atoms with E-state index in [1.54, 1.807) is 30.0 Å². The maximum Gasteiger partial charge on any atom is 0.274 e. The fraction of sp³-hybridized carbons (Fsp3) is 0.348. The Labute approximate surface area is 174 Å². The molecule has 156 valence electrons. The first-order valence-corrected chi connectivity index (χ1v) is 10.1. The van der Waals surface area contributed by atoms with Crippen LogP contribution >= 0.6 is 0 Å². The molecule has 0 saturated heterocycles. The molecule has 0 bridgehead atoms. The molecule has 1 saturated carbocycles. The van der Waals surface area contributed by atoms with Crippen LogP contribution in [0.5, 0.6) is 11.5 Å². The van der Waals surface area contributed by atoms with E-state index in [9.17, 15) is 9.59 Å². The number of rotatable bonds is 6. The lowest BCUT2D eigenvalue weighted by Crippen LogP contribution is -2.30. The average Bonchev–Trinajstić information content (AvgIpc) is 3.32. The highest BCUT2D eigenvalue weighted by Gasteiger charge is 2.21. The molecule has 2 aromatic carbocycles. The van der Waals surface area contributed by atoms with Crippen LogP contribution in [0.15, 0.2) is 47.3 Å². The summed E-state index contributed by atoms with van der Waals surface area (Å²) in [6.45, 7) is 0.223. The number of nitrogens with one attached hydrogen (secondary N) is 1. The molecular formula is C23H25N3O4. The van der Waals surface area contributed by atoms with Crippen LogP contribution in [0.2, 0.25) is 0 Å². The Bertz CT molecular complexity index is 1130. The molecule has 0 unspecified atom stereocenters. The summed E-state index contributed by atoms with van der Waals surface area (Å²) in [6.07, 6.45) is 4.14. The fourth-order valence-corrected chi connectivity index (χ4v) is 4.04. The number of ether oxygens (including phenoxy) is 2. The van der Waals surface area contributed by atoms with Gasteiger partial charge in [-0.1, -0.05) is 31.0 Å². The number of hydrogen-bond acceptors (Lipinski definition) is 5. The Kier molecular flexibility index (Phi) is 5.70. The third-order valence-corrected chi connectivity index (χ3v) is 5.64. The molecule has 0 radical (unpaired) electrons. The van der Waals surface area contributed by atoms with Crippen molar-refractivity contribution in [3.63, 3.8) is 0 Å². The smallest absolute Gasteiger partial charge is 0.274 e. The summed E-state index contributed by atoms with van der Waals surface area (Å²) in [5, 5.41) is 8.98. The lowest BCUT2D eigenvalue weighted by atomic mass is 10.1. The molecule has 1 aliphatic rings. The third kappa shape index (κ3) is 3.75. The first-order valence-electron chi connectivity index (χ1n) is 10.1. The van der Waals surface area contributed by atoms with Gasteiger partial charge in [0, 0.05) is 10.9 Å². The zero-order valence-electron chi connectivity index (χ0n) is 17.2. The molecular weight excluding hydrogens is 382 g/mol. The molecule has 4 rings (SSSR count). The van der Waals surface area contributed by atoms with Crippen molar-refractivity contribution >= 4 is 16.7 Å². The van der Waals surface area contributed by atoms with Gasteiger partial charge in [0.25, 0.3) is 11.5 Å². The molecule has 7 nitrogen and oxygen atoms in total. The van der Waals surface area contributed by atoms with Crippen molar-refractivity contribution in [3.8, 4) is 11.5 Å². The van der Waals surface area contributed by atoms with Gasteiger partial charge in [-0.3, -0.25) is 9.59 Å². The van der Waals surface area contributed by atoms with E-state index in [1.807, 2.05) is 24.3 Å². The van der Waals surface area contributed by atoms with Crippen LogP contribution in [-0.2, 0) is 6.54 Å². The van der Waals surface area contributed by atoms with E-state index in [0.717, 1.165) is 31.1 Å². The van der Waals surface area contributed by atoms with Crippen LogP contribution in [0, 0.1) is 0 Å². The summed E-state index contributed by atoms with van der Waals surface area (Å²) in [4.78, 5) is 25.7. The first kappa shape index (κ1) is 19.9. The van der Waals surface area contributed by atoms with E-state index in [4.69, 9.17) is 9.47 Å². The van der Waals surface area contributed by atoms with Gasteiger partial charge in [0.2, 0.25) is 0 Å². The Morgan fingerprint density at radius 2 is 1.77 bits per heavy atom. The fourth-order valence-electron chi connectivity index (χ4n) is 4.04. The third-order valence-electron chi connectivity index (χ3n) is 5.64. The SMILES string of the molecule is COc1ccc(C(=O)NCc2nn(C3CCCC3)c(=O)c3ccccc23)cc1OC. The number of amides is 1. The van der Waals surface area contributed by atoms with Crippen LogP contribution in [0.1, 0.15) is 47.8 Å². The van der Waals surface area contributed by atoms with E-state index in [1.165, 1.54) is 7.11 Å². The number of benzene rings is 2. The minimum Gasteiger partial charge on any atom is -0.493 e. The van der Waals surface area contributed by atoms with Crippen molar-refractivity contribution in [2.24, 2.45) is 0 Å². The van der Waals surface area contributed by atoms with E-state index in [2.05, 4.69) is 10.4 Å². The molecule has 1 fully saturated rings. The summed E-state index contributed by atoms with van der Waals surface area (Å²) < 4.78 is 12.1. The zero-order chi connectivity index (χ0) is 21.1. The molecule has 30 heavy (non-hydrogen) atoms. The Morgan fingerprint density at radius 1 is 1.07 bits per heavy atom. The Balaban J connectivity index is 1.63. The molecule has 0 spiro atoms. The van der Waals surface area contributed by atoms with Gasteiger partial charge in [0.1, 0.15) is 0 Å². The second kappa shape index (κ2) is 8.57. The molecule has 1 heterocycles. The molecule has 1 N–H and O–H groups in total. The molecule has 1 amide bonds. The number of carbonyl (C=O) groups is 1. The topological polar surface area (TPSA) is 82.5 Å². The van der Waals surface area contributed by atoms with E-state index >= 15 is 0 Å². The summed E-state index contributed by atoms with van der Waals surface area (Å²) >= 11 is 0. The molecule has 7 heteroatoms. The molecule has 3 aromatic rings. The minimum absolute atomic E-state index is 0.0625. The van der Waals surface area contributed by atoms with Gasteiger partial charge in [-0.25, -0.2) is 4.68 Å². The van der Waals surface area contributed by atoms with Crippen LogP contribution in [0.3, 0.4) is 0 Å². The van der Waals surface area contributed by atoms with Crippen LogP contribution in [0.4, 0.5) is 0 Å². The van der Waals surface area contributed by atoms with Crippen LogP contribution in [-0.4, -0.2) is 29.9 Å². The van der Waals surface area contributed by atoms with Crippen molar-refractivity contribution in [2.45, 2.75) is 38.3 Å². The van der Waals surface area contributed by atoms with E-state index < -0.39 is 0 Å². The second-order valence-corrected chi connectivity index (χ2v) is 7.43. The number of aromatic nitrogens is 2. The second-order valence-electron chi connectivity index (χ2n) is 7.43. The van der Waals surface area contributed by atoms with Crippen molar-refractivity contribution in [2.75, 3.05) is 14.2 Å². The predicted octanol–water partition coefficient (Wildman–Crippen LogP) is 3.46. The molecule has 1 aliphatic carbocycles. The summed E-state index contributed by atoms with van der Waals surface area (Å²) in [7, 11) is 3.08. The van der Waals surface area contributed by atoms with Crippen LogP contribution < -0.4 is 20.3 Å². The average molecular weight is 407 g/mol. The van der Waals surface area contributed by atoms with Gasteiger partial charge in [-0.2, -0.15) is 5.10 Å². The van der Waals surface area contributed by atoms with E-state index in [-0.39, 0.29) is 24.1 Å². The Morgan fingerprint density at radius 3 is 2.47 bits per heavy atom. The van der Waals surface area contributed by atoms with Gasteiger partial charge in [-0.05, 0) is 37.1 Å². The number of methoxy groups -OCH3 is 2. The predicted molar refractivity (Wildman–Crippen MR) is 114 cm³/mol. The monoisotopic (exact) mass is 407 g/mol. The number of hydrogen-bond donors (Lipinski definition) is 1. The quantitative estimate of drug-likeness (QED) is 0.677. The summed E-state index contributed by atoms with van der Waals surface area (Å²) in [5.41, 5.74) is 1.08. The molecule has 1 aromatic heterocycles. The summed E-state index contributed by atoms with van der Waals surface area (Å²) in [6, 6.07) is 12.6. The largest absolute Gasteiger partial charge is 0.493 e.